The van der Waals surface area contributed by atoms with Crippen molar-refractivity contribution < 1.29 is 19.1 Å². The lowest BCUT2D eigenvalue weighted by atomic mass is 10.3. The van der Waals surface area contributed by atoms with Crippen LogP contribution in [0.4, 0.5) is 4.39 Å². The molecule has 0 heterocycles. The van der Waals surface area contributed by atoms with Crippen LogP contribution in [0.2, 0.25) is 0 Å². The van der Waals surface area contributed by atoms with Gasteiger partial charge in [0, 0.05) is 17.1 Å². The fourth-order valence-electron chi connectivity index (χ4n) is 1.19. The quantitative estimate of drug-likeness (QED) is 0.775. The number of carbonyl (C=O) groups excluding carboxylic acids is 1. The molecule has 0 saturated carbocycles. The van der Waals surface area contributed by atoms with Gasteiger partial charge in [-0.2, -0.15) is 0 Å². The monoisotopic (exact) mass is 271 g/mol. The zero-order chi connectivity index (χ0) is 13.5. The summed E-state index contributed by atoms with van der Waals surface area (Å²) in [5, 5.41) is 10.9. The summed E-state index contributed by atoms with van der Waals surface area (Å²) < 4.78 is 13.2. The van der Waals surface area contributed by atoms with Crippen LogP contribution in [0.15, 0.2) is 29.2 Å². The second-order valence-electron chi connectivity index (χ2n) is 3.66. The van der Waals surface area contributed by atoms with E-state index in [2.05, 4.69) is 5.32 Å². The second-order valence-corrected chi connectivity index (χ2v) is 4.79. The summed E-state index contributed by atoms with van der Waals surface area (Å²) in [4.78, 5) is 22.3. The fraction of sp³-hybridized carbons (Fsp3) is 0.333. The molecule has 0 aliphatic carbocycles. The van der Waals surface area contributed by atoms with Gasteiger partial charge < -0.3 is 10.4 Å². The number of aliphatic carboxylic acids is 1. The number of hydrogen-bond donors (Lipinski definition) is 2. The molecule has 6 heteroatoms. The van der Waals surface area contributed by atoms with Gasteiger partial charge in [0.15, 0.2) is 0 Å². The summed E-state index contributed by atoms with van der Waals surface area (Å²) in [6, 6.07) is 5.40. The van der Waals surface area contributed by atoms with Gasteiger partial charge in [-0.1, -0.05) is 12.1 Å². The summed E-state index contributed by atoms with van der Waals surface area (Å²) in [5.41, 5.74) is 0. The minimum atomic E-state index is -1.08. The van der Waals surface area contributed by atoms with Crippen LogP contribution < -0.4 is 5.32 Å². The van der Waals surface area contributed by atoms with E-state index in [4.69, 9.17) is 5.11 Å². The third-order valence-corrected chi connectivity index (χ3v) is 3.22. The van der Waals surface area contributed by atoms with Gasteiger partial charge in [-0.3, -0.25) is 9.59 Å². The van der Waals surface area contributed by atoms with E-state index < -0.39 is 12.0 Å². The molecule has 0 bridgehead atoms. The highest BCUT2D eigenvalue weighted by molar-refractivity contribution is 7.99. The van der Waals surface area contributed by atoms with Crippen LogP contribution in [0, 0.1) is 5.82 Å². The molecule has 0 saturated heterocycles. The Balaban J connectivity index is 2.32. The van der Waals surface area contributed by atoms with Gasteiger partial charge in [0.25, 0.3) is 0 Å². The van der Waals surface area contributed by atoms with Gasteiger partial charge in [0.05, 0.1) is 0 Å². The minimum absolute atomic E-state index is 0.149. The van der Waals surface area contributed by atoms with Crippen LogP contribution in [-0.4, -0.2) is 28.8 Å². The average molecular weight is 271 g/mol. The predicted octanol–water partition coefficient (Wildman–Crippen LogP) is 1.90. The van der Waals surface area contributed by atoms with Gasteiger partial charge in [-0.25, -0.2) is 4.39 Å². The van der Waals surface area contributed by atoms with E-state index >= 15 is 0 Å². The van der Waals surface area contributed by atoms with Crippen molar-refractivity contribution in [1.29, 1.82) is 0 Å². The highest BCUT2D eigenvalue weighted by Crippen LogP contribution is 2.21. The summed E-state index contributed by atoms with van der Waals surface area (Å²) in [5.74, 6) is -1.35. The summed E-state index contributed by atoms with van der Waals surface area (Å²) in [6.45, 7) is 1.39. The molecule has 0 aliphatic rings. The van der Waals surface area contributed by atoms with Crippen molar-refractivity contribution in [2.45, 2.75) is 24.3 Å². The van der Waals surface area contributed by atoms with E-state index in [0.717, 1.165) is 0 Å². The highest BCUT2D eigenvalue weighted by atomic mass is 32.2. The number of carboxylic acid groups (broad SMARTS) is 1. The molecule has 0 aromatic heterocycles. The zero-order valence-electron chi connectivity index (χ0n) is 9.85. The van der Waals surface area contributed by atoms with Crippen molar-refractivity contribution in [1.82, 2.24) is 5.32 Å². The van der Waals surface area contributed by atoms with Crippen molar-refractivity contribution >= 4 is 23.6 Å². The molecule has 98 valence electrons. The van der Waals surface area contributed by atoms with E-state index in [1.807, 2.05) is 0 Å². The van der Waals surface area contributed by atoms with Crippen molar-refractivity contribution in [3.8, 4) is 0 Å². The van der Waals surface area contributed by atoms with E-state index in [0.29, 0.717) is 10.6 Å². The van der Waals surface area contributed by atoms with E-state index in [-0.39, 0.29) is 18.1 Å². The number of amides is 1. The van der Waals surface area contributed by atoms with Crippen molar-refractivity contribution in [2.75, 3.05) is 5.75 Å². The van der Waals surface area contributed by atoms with Crippen molar-refractivity contribution in [3.05, 3.63) is 30.1 Å². The maximum Gasteiger partial charge on any atom is 0.325 e. The zero-order valence-corrected chi connectivity index (χ0v) is 10.7. The normalized spacial score (nSPS) is 11.9. The lowest BCUT2D eigenvalue weighted by molar-refractivity contribution is -0.141. The molecule has 0 fully saturated rings. The Bertz CT molecular complexity index is 439. The smallest absolute Gasteiger partial charge is 0.325 e. The van der Waals surface area contributed by atoms with E-state index in [1.165, 1.54) is 24.8 Å². The maximum absolute atomic E-state index is 13.2. The van der Waals surface area contributed by atoms with Gasteiger partial charge in [0.1, 0.15) is 11.9 Å². The first kappa shape index (κ1) is 14.5. The third kappa shape index (κ3) is 4.75. The lowest BCUT2D eigenvalue weighted by Crippen LogP contribution is -2.38. The molecule has 1 rings (SSSR count). The number of carbonyl (C=O) groups is 2. The molecular formula is C12H14FNO3S. The molecule has 1 atom stereocenters. The number of nitrogens with one attached hydrogen (secondary N) is 1. The van der Waals surface area contributed by atoms with Crippen LogP contribution in [0.3, 0.4) is 0 Å². The first-order chi connectivity index (χ1) is 8.50. The fourth-order valence-corrected chi connectivity index (χ4v) is 2.08. The molecule has 18 heavy (non-hydrogen) atoms. The summed E-state index contributed by atoms with van der Waals surface area (Å²) in [6.07, 6.45) is 0.149. The molecule has 2 N–H and O–H groups in total. The van der Waals surface area contributed by atoms with Crippen molar-refractivity contribution in [3.63, 3.8) is 0 Å². The molecule has 1 unspecified atom stereocenters. The SMILES string of the molecule is CC(NC(=O)CCSc1ccccc1F)C(=O)O. The minimum Gasteiger partial charge on any atom is -0.480 e. The van der Waals surface area contributed by atoms with Gasteiger partial charge in [-0.15, -0.1) is 11.8 Å². The van der Waals surface area contributed by atoms with Crippen LogP contribution in [-0.2, 0) is 9.59 Å². The molecule has 1 aromatic rings. The molecule has 0 radical (unpaired) electrons. The van der Waals surface area contributed by atoms with Crippen LogP contribution >= 0.6 is 11.8 Å². The Labute approximate surface area is 109 Å². The standard InChI is InChI=1S/C12H14FNO3S/c1-8(12(16)17)14-11(15)6-7-18-10-5-3-2-4-9(10)13/h2-5,8H,6-7H2,1H3,(H,14,15)(H,16,17). The van der Waals surface area contributed by atoms with Crippen LogP contribution in [0.5, 0.6) is 0 Å². The van der Waals surface area contributed by atoms with Crippen LogP contribution in [0.25, 0.3) is 0 Å². The predicted molar refractivity (Wildman–Crippen MR) is 67.0 cm³/mol. The number of rotatable bonds is 6. The number of halogens is 1. The number of benzene rings is 1. The van der Waals surface area contributed by atoms with Gasteiger partial charge >= 0.3 is 5.97 Å². The maximum atomic E-state index is 13.2. The largest absolute Gasteiger partial charge is 0.480 e. The second kappa shape index (κ2) is 7.00. The highest BCUT2D eigenvalue weighted by Gasteiger charge is 2.13. The number of thioether (sulfide) groups is 1. The number of carboxylic acids is 1. The Kier molecular flexibility index (Phi) is 5.64. The van der Waals surface area contributed by atoms with Crippen LogP contribution in [0.1, 0.15) is 13.3 Å². The van der Waals surface area contributed by atoms with E-state index in [1.54, 1.807) is 18.2 Å². The average Bonchev–Trinajstić information content (AvgIpc) is 2.31. The summed E-state index contributed by atoms with van der Waals surface area (Å²) >= 11 is 1.23. The molecule has 1 aromatic carbocycles. The Hall–Kier alpha value is -1.56. The molecule has 0 spiro atoms. The lowest BCUT2D eigenvalue weighted by Gasteiger charge is -2.08. The first-order valence-corrected chi connectivity index (χ1v) is 6.38. The topological polar surface area (TPSA) is 66.4 Å². The van der Waals surface area contributed by atoms with Crippen molar-refractivity contribution in [2.24, 2.45) is 0 Å². The number of hydrogen-bond acceptors (Lipinski definition) is 3. The van der Waals surface area contributed by atoms with E-state index in [9.17, 15) is 14.0 Å². The molecular weight excluding hydrogens is 257 g/mol. The summed E-state index contributed by atoms with van der Waals surface area (Å²) in [7, 11) is 0. The molecule has 1 amide bonds. The first-order valence-electron chi connectivity index (χ1n) is 5.40. The third-order valence-electron chi connectivity index (χ3n) is 2.17. The Morgan fingerprint density at radius 1 is 1.44 bits per heavy atom. The van der Waals surface area contributed by atoms with Gasteiger partial charge in [0.2, 0.25) is 5.91 Å². The Morgan fingerprint density at radius 3 is 2.72 bits per heavy atom. The molecule has 4 nitrogen and oxygen atoms in total. The Morgan fingerprint density at radius 2 is 2.11 bits per heavy atom. The molecule has 0 aliphatic heterocycles. The van der Waals surface area contributed by atoms with Gasteiger partial charge in [-0.05, 0) is 19.1 Å².